The minimum atomic E-state index is 0.158. The lowest BCUT2D eigenvalue weighted by atomic mass is 10.1. The van der Waals surface area contributed by atoms with Crippen molar-refractivity contribution in [2.45, 2.75) is 90.9 Å². The Balaban J connectivity index is 1.76. The third-order valence-electron chi connectivity index (χ3n) is 6.66. The van der Waals surface area contributed by atoms with Crippen LogP contribution >= 0.6 is 0 Å². The second kappa shape index (κ2) is 12.1. The Morgan fingerprint density at radius 1 is 0.871 bits per heavy atom. The molecule has 3 rings (SSSR count). The Kier molecular flexibility index (Phi) is 9.17. The molecule has 3 aromatic rings. The number of H-pyrrole nitrogens is 1. The summed E-state index contributed by atoms with van der Waals surface area (Å²) in [4.78, 5) is 19.1. The van der Waals surface area contributed by atoms with Crippen LogP contribution in [0.5, 0.6) is 0 Å². The van der Waals surface area contributed by atoms with E-state index >= 15 is 0 Å². The molecule has 1 aromatic carbocycles. The molecule has 2 aromatic heterocycles. The minimum absolute atomic E-state index is 0.158. The molecule has 170 valence electrons. The second-order valence-electron chi connectivity index (χ2n) is 9.19. The van der Waals surface area contributed by atoms with E-state index in [2.05, 4.69) is 53.7 Å². The summed E-state index contributed by atoms with van der Waals surface area (Å²) in [5.41, 5.74) is 2.93. The molecular formula is C27H42N3O+. The summed E-state index contributed by atoms with van der Waals surface area (Å²) in [6.45, 7) is 6.49. The SMILES string of the molecule is CCCCCCCCN(CCCCCCCC)c1cc2c3c(ccn2C)c[nH+]c3c1=O. The van der Waals surface area contributed by atoms with Crippen molar-refractivity contribution in [3.05, 3.63) is 34.7 Å². The topological polar surface area (TPSA) is 39.4 Å². The number of aromatic amines is 1. The summed E-state index contributed by atoms with van der Waals surface area (Å²) in [5.74, 6) is 0. The van der Waals surface area contributed by atoms with Crippen molar-refractivity contribution in [2.75, 3.05) is 18.0 Å². The lowest BCUT2D eigenvalue weighted by Gasteiger charge is -2.24. The molecule has 0 aliphatic heterocycles. The van der Waals surface area contributed by atoms with Crippen LogP contribution in [0, 0.1) is 0 Å². The lowest BCUT2D eigenvalue weighted by Crippen LogP contribution is -2.31. The van der Waals surface area contributed by atoms with Gasteiger partial charge >= 0.3 is 0 Å². The van der Waals surface area contributed by atoms with Crippen molar-refractivity contribution in [3.8, 4) is 0 Å². The highest BCUT2D eigenvalue weighted by atomic mass is 16.1. The zero-order chi connectivity index (χ0) is 22.1. The van der Waals surface area contributed by atoms with Crippen LogP contribution in [-0.2, 0) is 7.05 Å². The predicted octanol–water partition coefficient (Wildman–Crippen LogP) is 6.47. The number of anilines is 1. The van der Waals surface area contributed by atoms with Crippen molar-refractivity contribution in [1.29, 1.82) is 0 Å². The van der Waals surface area contributed by atoms with Gasteiger partial charge in [-0.1, -0.05) is 78.1 Å². The van der Waals surface area contributed by atoms with Crippen LogP contribution in [0.4, 0.5) is 5.69 Å². The number of aryl methyl sites for hydroxylation is 1. The Labute approximate surface area is 188 Å². The van der Waals surface area contributed by atoms with Gasteiger partial charge < -0.3 is 9.47 Å². The fourth-order valence-electron chi connectivity index (χ4n) is 4.72. The molecule has 0 radical (unpaired) electrons. The Morgan fingerprint density at radius 2 is 1.45 bits per heavy atom. The smallest absolute Gasteiger partial charge is 0.273 e. The highest BCUT2D eigenvalue weighted by Crippen LogP contribution is 2.26. The van der Waals surface area contributed by atoms with Gasteiger partial charge in [-0.15, -0.1) is 0 Å². The van der Waals surface area contributed by atoms with Crippen molar-refractivity contribution < 1.29 is 4.98 Å². The minimum Gasteiger partial charge on any atom is -0.368 e. The molecule has 0 unspecified atom stereocenters. The van der Waals surface area contributed by atoms with Crippen molar-refractivity contribution in [1.82, 2.24) is 4.57 Å². The van der Waals surface area contributed by atoms with E-state index in [1.165, 1.54) is 64.2 Å². The van der Waals surface area contributed by atoms with Gasteiger partial charge in [0, 0.05) is 26.3 Å². The first-order chi connectivity index (χ1) is 15.2. The van der Waals surface area contributed by atoms with Gasteiger partial charge in [0.25, 0.3) is 10.9 Å². The predicted molar refractivity (Wildman–Crippen MR) is 133 cm³/mol. The van der Waals surface area contributed by atoms with Crippen molar-refractivity contribution in [3.63, 3.8) is 0 Å². The maximum Gasteiger partial charge on any atom is 0.273 e. The quantitative estimate of drug-likeness (QED) is 0.262. The fraction of sp³-hybridized carbons (Fsp3) is 0.630. The van der Waals surface area contributed by atoms with E-state index in [1.807, 2.05) is 6.20 Å². The van der Waals surface area contributed by atoms with E-state index < -0.39 is 0 Å². The van der Waals surface area contributed by atoms with E-state index in [9.17, 15) is 4.79 Å². The fourth-order valence-corrected chi connectivity index (χ4v) is 4.72. The zero-order valence-electron chi connectivity index (χ0n) is 20.0. The number of aromatic nitrogens is 2. The van der Waals surface area contributed by atoms with Gasteiger partial charge in [-0.3, -0.25) is 4.79 Å². The summed E-state index contributed by atoms with van der Waals surface area (Å²) in [6.07, 6.45) is 19.4. The molecule has 0 aliphatic carbocycles. The van der Waals surface area contributed by atoms with Gasteiger partial charge in [0.15, 0.2) is 6.20 Å². The van der Waals surface area contributed by atoms with E-state index in [0.29, 0.717) is 0 Å². The summed E-state index contributed by atoms with van der Waals surface area (Å²) in [6, 6.07) is 4.22. The molecule has 0 spiro atoms. The number of hydrogen-bond donors (Lipinski definition) is 0. The number of benzene rings is 1. The summed E-state index contributed by atoms with van der Waals surface area (Å²) in [7, 11) is 2.07. The van der Waals surface area contributed by atoms with Crippen molar-refractivity contribution in [2.24, 2.45) is 7.05 Å². The van der Waals surface area contributed by atoms with Crippen LogP contribution in [-0.4, -0.2) is 17.7 Å². The maximum atomic E-state index is 13.4. The van der Waals surface area contributed by atoms with Gasteiger partial charge in [0.2, 0.25) is 0 Å². The Morgan fingerprint density at radius 3 is 2.06 bits per heavy atom. The first-order valence-corrected chi connectivity index (χ1v) is 12.7. The normalized spacial score (nSPS) is 11.7. The molecule has 31 heavy (non-hydrogen) atoms. The summed E-state index contributed by atoms with van der Waals surface area (Å²) in [5, 5.41) is 2.18. The van der Waals surface area contributed by atoms with Crippen LogP contribution in [0.3, 0.4) is 0 Å². The number of rotatable bonds is 15. The van der Waals surface area contributed by atoms with E-state index in [-0.39, 0.29) is 5.43 Å². The molecular weight excluding hydrogens is 382 g/mol. The first-order valence-electron chi connectivity index (χ1n) is 12.7. The molecule has 0 aliphatic rings. The molecule has 0 fully saturated rings. The Bertz CT molecular complexity index is 962. The molecule has 4 nitrogen and oxygen atoms in total. The standard InChI is InChI=1S/C27H41N3O/c1-4-6-8-10-12-14-17-30(18-15-13-11-9-7-5-2)24-20-23-25-22(16-19-29(23)3)21-28-26(25)27(24)31/h16,19-21H,4-15,17-18H2,1-3H3/p+1. The Hall–Kier alpha value is -2.10. The van der Waals surface area contributed by atoms with Crippen molar-refractivity contribution >= 4 is 27.5 Å². The number of nitrogens with zero attached hydrogens (tertiary/aromatic N) is 2. The highest BCUT2D eigenvalue weighted by molar-refractivity contribution is 6.07. The van der Waals surface area contributed by atoms with Crippen LogP contribution in [0.2, 0.25) is 0 Å². The third-order valence-corrected chi connectivity index (χ3v) is 6.66. The largest absolute Gasteiger partial charge is 0.368 e. The molecule has 1 N–H and O–H groups in total. The van der Waals surface area contributed by atoms with Crippen LogP contribution < -0.4 is 15.3 Å². The number of nitrogens with one attached hydrogen (secondary N) is 1. The molecule has 0 atom stereocenters. The van der Waals surface area contributed by atoms with Gasteiger partial charge in [-0.25, -0.2) is 4.98 Å². The zero-order valence-corrected chi connectivity index (χ0v) is 20.0. The number of unbranched alkanes of at least 4 members (excludes halogenated alkanes) is 10. The van der Waals surface area contributed by atoms with Gasteiger partial charge in [0.1, 0.15) is 0 Å². The average Bonchev–Trinajstić information content (AvgIpc) is 3.21. The van der Waals surface area contributed by atoms with Gasteiger partial charge in [-0.2, -0.15) is 0 Å². The molecule has 2 heterocycles. The molecule has 4 heteroatoms. The number of hydrogen-bond acceptors (Lipinski definition) is 2. The summed E-state index contributed by atoms with van der Waals surface area (Å²) >= 11 is 0. The van der Waals surface area contributed by atoms with E-state index in [4.69, 9.17) is 0 Å². The van der Waals surface area contributed by atoms with Gasteiger partial charge in [-0.05, 0) is 25.0 Å². The maximum absolute atomic E-state index is 13.4. The first kappa shape index (κ1) is 23.6. The van der Waals surface area contributed by atoms with Crippen LogP contribution in [0.15, 0.2) is 29.3 Å². The molecule has 0 saturated heterocycles. The van der Waals surface area contributed by atoms with Crippen LogP contribution in [0.25, 0.3) is 21.8 Å². The third kappa shape index (κ3) is 5.99. The van der Waals surface area contributed by atoms with E-state index in [0.717, 1.165) is 53.4 Å². The second-order valence-corrected chi connectivity index (χ2v) is 9.19. The van der Waals surface area contributed by atoms with Gasteiger partial charge in [0.05, 0.1) is 22.0 Å². The molecule has 0 saturated carbocycles. The molecule has 0 bridgehead atoms. The number of pyridine rings is 1. The lowest BCUT2D eigenvalue weighted by molar-refractivity contribution is -0.340. The highest BCUT2D eigenvalue weighted by Gasteiger charge is 2.21. The monoisotopic (exact) mass is 424 g/mol. The van der Waals surface area contributed by atoms with E-state index in [1.54, 1.807) is 0 Å². The van der Waals surface area contributed by atoms with Crippen LogP contribution in [0.1, 0.15) is 90.9 Å². The molecule has 0 amide bonds. The average molecular weight is 425 g/mol. The summed E-state index contributed by atoms with van der Waals surface area (Å²) < 4.78 is 2.14.